The van der Waals surface area contributed by atoms with Crippen LogP contribution in [0, 0.1) is 0 Å². The van der Waals surface area contributed by atoms with E-state index < -0.39 is 0 Å². The van der Waals surface area contributed by atoms with Crippen LogP contribution in [0.1, 0.15) is 25.7 Å². The molecule has 0 aromatic rings. The summed E-state index contributed by atoms with van der Waals surface area (Å²) in [5, 5.41) is 10.7. The molecule has 0 saturated carbocycles. The van der Waals surface area contributed by atoms with Gasteiger partial charge in [-0.15, -0.1) is 0 Å². The number of aliphatic hydroxyl groups is 1. The molecular weight excluding hydrogens is 218 g/mol. The van der Waals surface area contributed by atoms with Gasteiger partial charge in [0.25, 0.3) is 0 Å². The molecule has 2 nitrogen and oxygen atoms in total. The van der Waals surface area contributed by atoms with Crippen molar-refractivity contribution in [3.8, 4) is 0 Å². The van der Waals surface area contributed by atoms with Crippen molar-refractivity contribution in [2.45, 2.75) is 43.4 Å². The zero-order valence-electron chi connectivity index (χ0n) is 7.46. The van der Waals surface area contributed by atoms with Gasteiger partial charge >= 0.3 is 0 Å². The van der Waals surface area contributed by atoms with Crippen LogP contribution >= 0.6 is 15.9 Å². The number of aliphatic hydroxyl groups excluding tert-OH is 1. The number of hydrogen-bond acceptors (Lipinski definition) is 2. The van der Waals surface area contributed by atoms with Gasteiger partial charge in [-0.2, -0.15) is 0 Å². The summed E-state index contributed by atoms with van der Waals surface area (Å²) >= 11 is 3.57. The third kappa shape index (κ3) is 1.14. The number of rotatable bonds is 1. The van der Waals surface area contributed by atoms with Gasteiger partial charge in [-0.25, -0.2) is 0 Å². The highest BCUT2D eigenvalue weighted by molar-refractivity contribution is 9.09. The lowest BCUT2D eigenvalue weighted by Gasteiger charge is -2.43. The van der Waals surface area contributed by atoms with Crippen LogP contribution in [0.25, 0.3) is 0 Å². The van der Waals surface area contributed by atoms with Crippen LogP contribution in [0.4, 0.5) is 0 Å². The summed E-state index contributed by atoms with van der Waals surface area (Å²) in [6, 6.07) is 0.631. The van der Waals surface area contributed by atoms with Gasteiger partial charge in [-0.05, 0) is 32.7 Å². The summed E-state index contributed by atoms with van der Waals surface area (Å²) in [7, 11) is 2.20. The van der Waals surface area contributed by atoms with Gasteiger partial charge in [0.2, 0.25) is 0 Å². The molecule has 2 bridgehead atoms. The van der Waals surface area contributed by atoms with Crippen LogP contribution in [0.5, 0.6) is 0 Å². The van der Waals surface area contributed by atoms with Gasteiger partial charge in [0.15, 0.2) is 0 Å². The molecule has 2 rings (SSSR count). The van der Waals surface area contributed by atoms with Gasteiger partial charge in [-0.1, -0.05) is 15.9 Å². The average molecular weight is 234 g/mol. The molecule has 2 aliphatic rings. The topological polar surface area (TPSA) is 23.5 Å². The molecule has 2 saturated heterocycles. The minimum Gasteiger partial charge on any atom is -0.393 e. The lowest BCUT2D eigenvalue weighted by atomic mass is 9.89. The summed E-state index contributed by atoms with van der Waals surface area (Å²) in [5.41, 5.74) is 0.266. The number of fused-ring (bicyclic) bond motifs is 2. The molecule has 3 atom stereocenters. The van der Waals surface area contributed by atoms with Crippen molar-refractivity contribution in [2.24, 2.45) is 0 Å². The maximum atomic E-state index is 9.66. The van der Waals surface area contributed by atoms with Crippen LogP contribution in [-0.4, -0.2) is 40.1 Å². The van der Waals surface area contributed by atoms with Crippen molar-refractivity contribution in [1.82, 2.24) is 4.90 Å². The molecule has 0 aromatic heterocycles. The minimum atomic E-state index is -0.0637. The lowest BCUT2D eigenvalue weighted by molar-refractivity contribution is 0.00860. The Labute approximate surface area is 82.1 Å². The van der Waals surface area contributed by atoms with Crippen LogP contribution in [0.2, 0.25) is 0 Å². The number of nitrogens with zero attached hydrogens (tertiary/aromatic N) is 1. The molecule has 2 fully saturated rings. The van der Waals surface area contributed by atoms with Gasteiger partial charge in [-0.3, -0.25) is 4.90 Å². The van der Waals surface area contributed by atoms with E-state index in [0.29, 0.717) is 6.04 Å². The summed E-state index contributed by atoms with van der Waals surface area (Å²) in [6.45, 7) is 0. The first-order valence-electron chi connectivity index (χ1n) is 4.65. The molecule has 0 aliphatic carbocycles. The standard InChI is InChI=1S/C9H16BrNO/c1-11-7-2-3-9(11,6-10)5-8(12)4-7/h7-8,12H,2-6H2,1H3. The molecule has 1 N–H and O–H groups in total. The minimum absolute atomic E-state index is 0.0637. The van der Waals surface area contributed by atoms with E-state index in [9.17, 15) is 5.11 Å². The summed E-state index contributed by atoms with van der Waals surface area (Å²) in [5.74, 6) is 0. The molecule has 70 valence electrons. The lowest BCUT2D eigenvalue weighted by Crippen LogP contribution is -2.53. The highest BCUT2D eigenvalue weighted by Crippen LogP contribution is 2.43. The normalized spacial score (nSPS) is 48.2. The van der Waals surface area contributed by atoms with E-state index in [1.54, 1.807) is 0 Å². The highest BCUT2D eigenvalue weighted by Gasteiger charge is 2.48. The Morgan fingerprint density at radius 2 is 2.42 bits per heavy atom. The fraction of sp³-hybridized carbons (Fsp3) is 1.00. The second kappa shape index (κ2) is 2.96. The Kier molecular flexibility index (Phi) is 2.22. The molecule has 0 amide bonds. The fourth-order valence-electron chi connectivity index (χ4n) is 2.77. The predicted molar refractivity (Wildman–Crippen MR) is 52.6 cm³/mol. The highest BCUT2D eigenvalue weighted by atomic mass is 79.9. The quantitative estimate of drug-likeness (QED) is 0.692. The van der Waals surface area contributed by atoms with Crippen molar-refractivity contribution < 1.29 is 5.11 Å². The second-order valence-corrected chi connectivity index (χ2v) is 4.82. The molecular formula is C9H16BrNO. The first-order chi connectivity index (χ1) is 5.68. The van der Waals surface area contributed by atoms with Crippen molar-refractivity contribution >= 4 is 15.9 Å². The second-order valence-electron chi connectivity index (χ2n) is 4.26. The van der Waals surface area contributed by atoms with Crippen LogP contribution < -0.4 is 0 Å². The third-order valence-electron chi connectivity index (χ3n) is 3.65. The Bertz CT molecular complexity index is 187. The Balaban J connectivity index is 2.21. The van der Waals surface area contributed by atoms with E-state index in [1.165, 1.54) is 12.8 Å². The van der Waals surface area contributed by atoms with Crippen LogP contribution in [-0.2, 0) is 0 Å². The first-order valence-corrected chi connectivity index (χ1v) is 5.77. The number of halogens is 1. The van der Waals surface area contributed by atoms with E-state index in [-0.39, 0.29) is 11.6 Å². The van der Waals surface area contributed by atoms with Gasteiger partial charge in [0, 0.05) is 16.9 Å². The third-order valence-corrected chi connectivity index (χ3v) is 4.69. The summed E-state index contributed by atoms with van der Waals surface area (Å²) in [4.78, 5) is 2.47. The molecule has 12 heavy (non-hydrogen) atoms. The smallest absolute Gasteiger partial charge is 0.0573 e. The molecule has 3 unspecified atom stereocenters. The van der Waals surface area contributed by atoms with E-state index in [2.05, 4.69) is 27.9 Å². The maximum Gasteiger partial charge on any atom is 0.0573 e. The van der Waals surface area contributed by atoms with Crippen LogP contribution in [0.15, 0.2) is 0 Å². The molecule has 3 heteroatoms. The largest absolute Gasteiger partial charge is 0.393 e. The molecule has 0 spiro atoms. The van der Waals surface area contributed by atoms with Gasteiger partial charge < -0.3 is 5.11 Å². The average Bonchev–Trinajstić information content (AvgIpc) is 2.29. The number of piperidine rings is 1. The molecule has 0 aromatic carbocycles. The predicted octanol–water partition coefficient (Wildman–Crippen LogP) is 1.37. The first kappa shape index (κ1) is 8.97. The van der Waals surface area contributed by atoms with Crippen LogP contribution in [0.3, 0.4) is 0 Å². The summed E-state index contributed by atoms with van der Waals surface area (Å²) < 4.78 is 0. The van der Waals surface area contributed by atoms with Crippen molar-refractivity contribution in [1.29, 1.82) is 0 Å². The monoisotopic (exact) mass is 233 g/mol. The van der Waals surface area contributed by atoms with Crippen molar-refractivity contribution in [3.05, 3.63) is 0 Å². The molecule has 2 heterocycles. The zero-order chi connectivity index (χ0) is 8.77. The fourth-order valence-corrected chi connectivity index (χ4v) is 3.67. The Hall–Kier alpha value is 0.400. The Morgan fingerprint density at radius 1 is 1.67 bits per heavy atom. The SMILES string of the molecule is CN1C2CCC1(CBr)CC(O)C2. The Morgan fingerprint density at radius 3 is 3.08 bits per heavy atom. The number of hydrogen-bond donors (Lipinski definition) is 1. The molecule has 0 radical (unpaired) electrons. The zero-order valence-corrected chi connectivity index (χ0v) is 9.05. The van der Waals surface area contributed by atoms with Crippen molar-refractivity contribution in [2.75, 3.05) is 12.4 Å². The van der Waals surface area contributed by atoms with E-state index in [4.69, 9.17) is 0 Å². The van der Waals surface area contributed by atoms with Gasteiger partial charge in [0.1, 0.15) is 0 Å². The summed E-state index contributed by atoms with van der Waals surface area (Å²) in [6.07, 6.45) is 4.37. The van der Waals surface area contributed by atoms with E-state index >= 15 is 0 Å². The maximum absolute atomic E-state index is 9.66. The van der Waals surface area contributed by atoms with Gasteiger partial charge in [0.05, 0.1) is 6.10 Å². The van der Waals surface area contributed by atoms with E-state index in [1.807, 2.05) is 0 Å². The van der Waals surface area contributed by atoms with E-state index in [0.717, 1.165) is 18.2 Å². The number of alkyl halides is 1. The molecule has 2 aliphatic heterocycles. The van der Waals surface area contributed by atoms with Crippen molar-refractivity contribution in [3.63, 3.8) is 0 Å².